The van der Waals surface area contributed by atoms with Crippen LogP contribution in [0.2, 0.25) is 0 Å². The van der Waals surface area contributed by atoms with Crippen LogP contribution >= 0.6 is 0 Å². The lowest BCUT2D eigenvalue weighted by atomic mass is 10.1. The molecule has 116 valence electrons. The Bertz CT molecular complexity index is 632. The van der Waals surface area contributed by atoms with Gasteiger partial charge in [-0.2, -0.15) is 0 Å². The second kappa shape index (κ2) is 7.50. The van der Waals surface area contributed by atoms with E-state index in [1.165, 1.54) is 0 Å². The largest absolute Gasteiger partial charge is 0.508 e. The van der Waals surface area contributed by atoms with Crippen LogP contribution in [0.5, 0.6) is 17.2 Å². The molecule has 0 fully saturated rings. The molecule has 4 nitrogen and oxygen atoms in total. The van der Waals surface area contributed by atoms with Gasteiger partial charge in [-0.05, 0) is 49.7 Å². The van der Waals surface area contributed by atoms with Crippen LogP contribution in [0.15, 0.2) is 42.5 Å². The van der Waals surface area contributed by atoms with Gasteiger partial charge in [-0.15, -0.1) is 0 Å². The highest BCUT2D eigenvalue weighted by Gasteiger charge is 2.10. The number of phenols is 1. The molecule has 22 heavy (non-hydrogen) atoms. The third-order valence-electron chi connectivity index (χ3n) is 3.20. The van der Waals surface area contributed by atoms with E-state index in [4.69, 9.17) is 9.47 Å². The molecule has 0 aromatic heterocycles. The van der Waals surface area contributed by atoms with Crippen molar-refractivity contribution in [2.24, 2.45) is 0 Å². The zero-order chi connectivity index (χ0) is 15.9. The molecule has 0 atom stereocenters. The Kier molecular flexibility index (Phi) is 5.42. The number of carbonyl (C=O) groups is 1. The molecule has 2 aromatic rings. The van der Waals surface area contributed by atoms with Gasteiger partial charge < -0.3 is 14.6 Å². The number of hydrogen-bond acceptors (Lipinski definition) is 4. The van der Waals surface area contributed by atoms with Gasteiger partial charge >= 0.3 is 5.97 Å². The predicted octanol–water partition coefficient (Wildman–Crippen LogP) is 4.31. The molecule has 0 aliphatic rings. The van der Waals surface area contributed by atoms with E-state index in [1.807, 2.05) is 13.0 Å². The Morgan fingerprint density at radius 2 is 1.82 bits per heavy atom. The lowest BCUT2D eigenvalue weighted by Gasteiger charge is -2.12. The molecule has 0 bridgehead atoms. The first-order chi connectivity index (χ1) is 10.7. The molecule has 0 aliphatic carbocycles. The van der Waals surface area contributed by atoms with Gasteiger partial charge in [0, 0.05) is 5.56 Å². The Hall–Kier alpha value is -2.49. The van der Waals surface area contributed by atoms with Crippen LogP contribution in [-0.2, 0) is 11.2 Å². The zero-order valence-corrected chi connectivity index (χ0v) is 12.8. The van der Waals surface area contributed by atoms with Crippen LogP contribution < -0.4 is 4.74 Å². The van der Waals surface area contributed by atoms with E-state index < -0.39 is 0 Å². The minimum atomic E-state index is -0.349. The summed E-state index contributed by atoms with van der Waals surface area (Å²) in [5, 5.41) is 9.94. The maximum absolute atomic E-state index is 11.6. The lowest BCUT2D eigenvalue weighted by Crippen LogP contribution is -2.04. The minimum Gasteiger partial charge on any atom is -0.508 e. The average molecular weight is 300 g/mol. The molecule has 1 N–H and O–H groups in total. The molecule has 0 aliphatic heterocycles. The highest BCUT2D eigenvalue weighted by Crippen LogP contribution is 2.32. The first-order valence-electron chi connectivity index (χ1n) is 7.41. The molecule has 0 saturated carbocycles. The summed E-state index contributed by atoms with van der Waals surface area (Å²) < 4.78 is 10.8. The molecule has 0 spiro atoms. The van der Waals surface area contributed by atoms with E-state index in [-0.39, 0.29) is 11.7 Å². The summed E-state index contributed by atoms with van der Waals surface area (Å²) in [6, 6.07) is 12.0. The topological polar surface area (TPSA) is 55.8 Å². The number of hydrogen-bond donors (Lipinski definition) is 1. The van der Waals surface area contributed by atoms with Crippen molar-refractivity contribution in [3.63, 3.8) is 0 Å². The van der Waals surface area contributed by atoms with Crippen molar-refractivity contribution in [3.8, 4) is 17.2 Å². The van der Waals surface area contributed by atoms with Gasteiger partial charge in [-0.1, -0.05) is 19.4 Å². The number of ether oxygens (including phenoxy) is 2. The van der Waals surface area contributed by atoms with Crippen molar-refractivity contribution in [3.05, 3.63) is 53.6 Å². The summed E-state index contributed by atoms with van der Waals surface area (Å²) >= 11 is 0. The van der Waals surface area contributed by atoms with Gasteiger partial charge in [0.1, 0.15) is 17.2 Å². The lowest BCUT2D eigenvalue weighted by molar-refractivity contribution is 0.0526. The number of aromatic hydroxyl groups is 1. The zero-order valence-electron chi connectivity index (χ0n) is 12.8. The van der Waals surface area contributed by atoms with E-state index in [0.29, 0.717) is 23.7 Å². The maximum atomic E-state index is 11.6. The number of carbonyl (C=O) groups excluding carboxylic acids is 1. The van der Waals surface area contributed by atoms with Gasteiger partial charge in [0.2, 0.25) is 0 Å². The van der Waals surface area contributed by atoms with E-state index in [9.17, 15) is 9.90 Å². The smallest absolute Gasteiger partial charge is 0.338 e. The van der Waals surface area contributed by atoms with E-state index in [1.54, 1.807) is 43.3 Å². The fourth-order valence-corrected chi connectivity index (χ4v) is 2.15. The summed E-state index contributed by atoms with van der Waals surface area (Å²) in [7, 11) is 0. The highest BCUT2D eigenvalue weighted by atomic mass is 16.5. The Morgan fingerprint density at radius 3 is 2.45 bits per heavy atom. The van der Waals surface area contributed by atoms with Crippen molar-refractivity contribution in [2.45, 2.75) is 26.7 Å². The number of benzene rings is 2. The average Bonchev–Trinajstić information content (AvgIpc) is 2.52. The molecule has 4 heteroatoms. The Labute approximate surface area is 130 Å². The molecule has 0 amide bonds. The van der Waals surface area contributed by atoms with E-state index in [2.05, 4.69) is 0 Å². The summed E-state index contributed by atoms with van der Waals surface area (Å²) in [4.78, 5) is 11.6. The SMILES string of the molecule is CCCc1c(O)cccc1Oc1ccc(C(=O)OCC)cc1. The molecule has 0 radical (unpaired) electrons. The first kappa shape index (κ1) is 15.9. The van der Waals surface area contributed by atoms with Crippen LogP contribution in [0.4, 0.5) is 0 Å². The van der Waals surface area contributed by atoms with E-state index >= 15 is 0 Å². The normalized spacial score (nSPS) is 10.3. The minimum absolute atomic E-state index is 0.238. The fraction of sp³-hybridized carbons (Fsp3) is 0.278. The van der Waals surface area contributed by atoms with Crippen molar-refractivity contribution < 1.29 is 19.4 Å². The van der Waals surface area contributed by atoms with Crippen molar-refractivity contribution in [2.75, 3.05) is 6.61 Å². The molecule has 2 aromatic carbocycles. The second-order valence-electron chi connectivity index (χ2n) is 4.85. The maximum Gasteiger partial charge on any atom is 0.338 e. The molecule has 0 heterocycles. The number of esters is 1. The fourth-order valence-electron chi connectivity index (χ4n) is 2.15. The predicted molar refractivity (Wildman–Crippen MR) is 84.6 cm³/mol. The first-order valence-corrected chi connectivity index (χ1v) is 7.41. The molecule has 0 saturated heterocycles. The van der Waals surface area contributed by atoms with Crippen molar-refractivity contribution >= 4 is 5.97 Å². The molecular weight excluding hydrogens is 280 g/mol. The summed E-state index contributed by atoms with van der Waals surface area (Å²) in [6.45, 7) is 4.16. The quantitative estimate of drug-likeness (QED) is 0.807. The summed E-state index contributed by atoms with van der Waals surface area (Å²) in [5.41, 5.74) is 1.28. The molecular formula is C18H20O4. The van der Waals surface area contributed by atoms with Crippen LogP contribution in [0.3, 0.4) is 0 Å². The van der Waals surface area contributed by atoms with Gasteiger partial charge in [0.05, 0.1) is 12.2 Å². The highest BCUT2D eigenvalue weighted by molar-refractivity contribution is 5.89. The van der Waals surface area contributed by atoms with Crippen molar-refractivity contribution in [1.82, 2.24) is 0 Å². The van der Waals surface area contributed by atoms with Crippen LogP contribution in [0.1, 0.15) is 36.2 Å². The standard InChI is InChI=1S/C18H20O4/c1-3-6-15-16(19)7-5-8-17(15)22-14-11-9-13(10-12-14)18(20)21-4-2/h5,7-12,19H,3-4,6H2,1-2H3. The Morgan fingerprint density at radius 1 is 1.09 bits per heavy atom. The van der Waals surface area contributed by atoms with Crippen molar-refractivity contribution in [1.29, 1.82) is 0 Å². The van der Waals surface area contributed by atoms with E-state index in [0.717, 1.165) is 18.4 Å². The number of phenolic OH excluding ortho intramolecular Hbond substituents is 1. The Balaban J connectivity index is 2.18. The second-order valence-corrected chi connectivity index (χ2v) is 4.85. The van der Waals surface area contributed by atoms with Gasteiger partial charge in [-0.3, -0.25) is 0 Å². The number of rotatable bonds is 6. The van der Waals surface area contributed by atoms with Gasteiger partial charge in [-0.25, -0.2) is 4.79 Å². The van der Waals surface area contributed by atoms with Crippen LogP contribution in [0.25, 0.3) is 0 Å². The third kappa shape index (κ3) is 3.79. The van der Waals surface area contributed by atoms with Crippen LogP contribution in [-0.4, -0.2) is 17.7 Å². The summed E-state index contributed by atoms with van der Waals surface area (Å²) in [5.74, 6) is 1.13. The monoisotopic (exact) mass is 300 g/mol. The summed E-state index contributed by atoms with van der Waals surface area (Å²) in [6.07, 6.45) is 1.65. The van der Waals surface area contributed by atoms with Gasteiger partial charge in [0.25, 0.3) is 0 Å². The third-order valence-corrected chi connectivity index (χ3v) is 3.20. The van der Waals surface area contributed by atoms with Crippen LogP contribution in [0, 0.1) is 0 Å². The molecule has 0 unspecified atom stereocenters. The van der Waals surface area contributed by atoms with Gasteiger partial charge in [0.15, 0.2) is 0 Å². The molecule has 2 rings (SSSR count).